The first kappa shape index (κ1) is 9.29. The first-order valence-electron chi connectivity index (χ1n) is 4.28. The van der Waals surface area contributed by atoms with E-state index in [2.05, 4.69) is 20.4 Å². The molecule has 0 radical (unpaired) electrons. The van der Waals surface area contributed by atoms with Gasteiger partial charge in [-0.3, -0.25) is 0 Å². The highest BCUT2D eigenvalue weighted by atomic mass is 32.1. The van der Waals surface area contributed by atoms with Crippen molar-refractivity contribution >= 4 is 11.3 Å². The molecule has 0 saturated carbocycles. The number of thiazole rings is 1. The number of rotatable bonds is 3. The fraction of sp³-hybridized carbons (Fsp3) is 0.375. The highest BCUT2D eigenvalue weighted by Crippen LogP contribution is 2.16. The monoisotopic (exact) mass is 209 g/mol. The summed E-state index contributed by atoms with van der Waals surface area (Å²) in [7, 11) is 0. The molecular weight excluding hydrogens is 198 g/mol. The lowest BCUT2D eigenvalue weighted by Gasteiger charge is -2.04. The van der Waals surface area contributed by atoms with Crippen LogP contribution in [0.25, 0.3) is 0 Å². The maximum atomic E-state index is 5.92. The highest BCUT2D eigenvalue weighted by molar-refractivity contribution is 7.09. The van der Waals surface area contributed by atoms with Crippen LogP contribution in [0.4, 0.5) is 0 Å². The van der Waals surface area contributed by atoms with E-state index >= 15 is 0 Å². The van der Waals surface area contributed by atoms with Gasteiger partial charge in [-0.2, -0.15) is 15.4 Å². The van der Waals surface area contributed by atoms with Gasteiger partial charge in [0.25, 0.3) is 0 Å². The summed E-state index contributed by atoms with van der Waals surface area (Å²) in [6.07, 6.45) is 2.36. The fourth-order valence-corrected chi connectivity index (χ4v) is 2.01. The zero-order chi connectivity index (χ0) is 9.97. The lowest BCUT2D eigenvalue weighted by Crippen LogP contribution is -2.13. The third-order valence-electron chi connectivity index (χ3n) is 1.87. The number of H-pyrrole nitrogens is 1. The highest BCUT2D eigenvalue weighted by Gasteiger charge is 2.11. The number of nitrogens with one attached hydrogen (secondary N) is 1. The van der Waals surface area contributed by atoms with Crippen molar-refractivity contribution in [1.82, 2.24) is 20.4 Å². The van der Waals surface area contributed by atoms with Gasteiger partial charge in [0.15, 0.2) is 0 Å². The van der Waals surface area contributed by atoms with Crippen LogP contribution in [-0.2, 0) is 6.42 Å². The van der Waals surface area contributed by atoms with Gasteiger partial charge in [-0.15, -0.1) is 11.3 Å². The van der Waals surface area contributed by atoms with Gasteiger partial charge in [0.1, 0.15) is 0 Å². The smallest absolute Gasteiger partial charge is 0.0995 e. The van der Waals surface area contributed by atoms with Gasteiger partial charge in [0.2, 0.25) is 0 Å². The van der Waals surface area contributed by atoms with Crippen LogP contribution in [0.5, 0.6) is 0 Å². The summed E-state index contributed by atoms with van der Waals surface area (Å²) in [6.45, 7) is 1.97. The number of aromatic nitrogens is 4. The molecule has 1 unspecified atom stereocenters. The molecule has 0 amide bonds. The first-order chi connectivity index (χ1) is 6.75. The number of nitrogens with zero attached hydrogens (tertiary/aromatic N) is 3. The number of hydrogen-bond acceptors (Lipinski definition) is 5. The molecule has 0 aliphatic carbocycles. The predicted octanol–water partition coefficient (Wildman–Crippen LogP) is 0.812. The minimum atomic E-state index is -0.126. The summed E-state index contributed by atoms with van der Waals surface area (Å²) >= 11 is 1.63. The van der Waals surface area contributed by atoms with E-state index in [4.69, 9.17) is 5.73 Å². The predicted molar refractivity (Wildman–Crippen MR) is 53.9 cm³/mol. The molecule has 0 fully saturated rings. The minimum absolute atomic E-state index is 0.126. The normalized spacial score (nSPS) is 13.0. The van der Waals surface area contributed by atoms with Gasteiger partial charge >= 0.3 is 0 Å². The van der Waals surface area contributed by atoms with E-state index in [-0.39, 0.29) is 6.04 Å². The summed E-state index contributed by atoms with van der Waals surface area (Å²) in [5, 5.41) is 13.3. The maximum absolute atomic E-state index is 5.92. The summed E-state index contributed by atoms with van der Waals surface area (Å²) in [4.78, 5) is 4.34. The first-order valence-corrected chi connectivity index (χ1v) is 5.16. The quantitative estimate of drug-likeness (QED) is 0.784. The van der Waals surface area contributed by atoms with Gasteiger partial charge in [0.05, 0.1) is 22.9 Å². The molecule has 2 aromatic heterocycles. The molecule has 0 spiro atoms. The SMILES string of the molecule is Cc1csc(CC(N)c2cn[nH]n2)n1. The molecule has 2 heterocycles. The Morgan fingerprint density at radius 2 is 2.50 bits per heavy atom. The zero-order valence-corrected chi connectivity index (χ0v) is 8.58. The third kappa shape index (κ3) is 1.97. The summed E-state index contributed by atoms with van der Waals surface area (Å²) in [5.41, 5.74) is 7.74. The molecule has 6 heteroatoms. The van der Waals surface area contributed by atoms with Gasteiger partial charge in [0, 0.05) is 17.5 Å². The third-order valence-corrected chi connectivity index (χ3v) is 2.86. The fourth-order valence-electron chi connectivity index (χ4n) is 1.18. The van der Waals surface area contributed by atoms with Crippen molar-refractivity contribution < 1.29 is 0 Å². The van der Waals surface area contributed by atoms with Gasteiger partial charge in [-0.25, -0.2) is 4.98 Å². The van der Waals surface area contributed by atoms with E-state index in [1.807, 2.05) is 12.3 Å². The van der Waals surface area contributed by atoms with Gasteiger partial charge in [-0.1, -0.05) is 0 Å². The molecule has 14 heavy (non-hydrogen) atoms. The Labute approximate surface area is 85.4 Å². The van der Waals surface area contributed by atoms with E-state index in [9.17, 15) is 0 Å². The average Bonchev–Trinajstić information content (AvgIpc) is 2.75. The summed E-state index contributed by atoms with van der Waals surface area (Å²) in [5.74, 6) is 0. The van der Waals surface area contributed by atoms with E-state index in [0.717, 1.165) is 16.4 Å². The number of aryl methyl sites for hydroxylation is 1. The summed E-state index contributed by atoms with van der Waals surface area (Å²) in [6, 6.07) is -0.126. The molecule has 74 valence electrons. The van der Waals surface area contributed by atoms with Crippen LogP contribution in [0.15, 0.2) is 11.6 Å². The average molecular weight is 209 g/mol. The van der Waals surface area contributed by atoms with Crippen molar-refractivity contribution in [2.24, 2.45) is 5.73 Å². The van der Waals surface area contributed by atoms with Crippen LogP contribution >= 0.6 is 11.3 Å². The second-order valence-electron chi connectivity index (χ2n) is 3.09. The molecule has 0 bridgehead atoms. The topological polar surface area (TPSA) is 80.5 Å². The van der Waals surface area contributed by atoms with Crippen molar-refractivity contribution in [3.05, 3.63) is 28.0 Å². The molecule has 0 aliphatic rings. The standard InChI is InChI=1S/C8H11N5S/c1-5-4-14-8(11-5)2-6(9)7-3-10-13-12-7/h3-4,6H,2,9H2,1H3,(H,10,12,13). The lowest BCUT2D eigenvalue weighted by molar-refractivity contribution is 0.687. The van der Waals surface area contributed by atoms with E-state index < -0.39 is 0 Å². The molecule has 0 aliphatic heterocycles. The van der Waals surface area contributed by atoms with Crippen LogP contribution in [0.1, 0.15) is 22.4 Å². The molecule has 2 aromatic rings. The molecule has 5 nitrogen and oxygen atoms in total. The van der Waals surface area contributed by atoms with Crippen molar-refractivity contribution in [3.63, 3.8) is 0 Å². The molecule has 3 N–H and O–H groups in total. The van der Waals surface area contributed by atoms with Crippen molar-refractivity contribution in [2.75, 3.05) is 0 Å². The number of aromatic amines is 1. The van der Waals surface area contributed by atoms with Crippen LogP contribution < -0.4 is 5.73 Å². The van der Waals surface area contributed by atoms with E-state index in [1.165, 1.54) is 0 Å². The van der Waals surface area contributed by atoms with Crippen LogP contribution in [0.3, 0.4) is 0 Å². The molecule has 1 atom stereocenters. The Morgan fingerprint density at radius 3 is 3.07 bits per heavy atom. The van der Waals surface area contributed by atoms with Crippen LogP contribution in [0, 0.1) is 6.92 Å². The second kappa shape index (κ2) is 3.85. The Kier molecular flexibility index (Phi) is 2.55. The van der Waals surface area contributed by atoms with Crippen molar-refractivity contribution in [2.45, 2.75) is 19.4 Å². The summed E-state index contributed by atoms with van der Waals surface area (Å²) < 4.78 is 0. The largest absolute Gasteiger partial charge is 0.322 e. The number of hydrogen-bond donors (Lipinski definition) is 2. The van der Waals surface area contributed by atoms with Gasteiger partial charge in [-0.05, 0) is 6.92 Å². The molecule has 2 rings (SSSR count). The van der Waals surface area contributed by atoms with E-state index in [1.54, 1.807) is 17.5 Å². The van der Waals surface area contributed by atoms with Crippen LogP contribution in [-0.4, -0.2) is 20.4 Å². The molecule has 0 saturated heterocycles. The number of nitrogens with two attached hydrogens (primary N) is 1. The minimum Gasteiger partial charge on any atom is -0.322 e. The van der Waals surface area contributed by atoms with Crippen molar-refractivity contribution in [3.8, 4) is 0 Å². The lowest BCUT2D eigenvalue weighted by atomic mass is 10.2. The maximum Gasteiger partial charge on any atom is 0.0995 e. The zero-order valence-electron chi connectivity index (χ0n) is 7.77. The van der Waals surface area contributed by atoms with E-state index in [0.29, 0.717) is 6.42 Å². The molecule has 0 aromatic carbocycles. The van der Waals surface area contributed by atoms with Crippen LogP contribution in [0.2, 0.25) is 0 Å². The molecular formula is C8H11N5S. The Hall–Kier alpha value is -1.27. The Balaban J connectivity index is 2.05. The second-order valence-corrected chi connectivity index (χ2v) is 4.03. The Morgan fingerprint density at radius 1 is 1.64 bits per heavy atom. The van der Waals surface area contributed by atoms with Crippen molar-refractivity contribution in [1.29, 1.82) is 0 Å². The Bertz CT molecular complexity index is 394. The van der Waals surface area contributed by atoms with Gasteiger partial charge < -0.3 is 5.73 Å².